The normalized spacial score (nSPS) is 27.6. The molecule has 1 saturated carbocycles. The van der Waals surface area contributed by atoms with E-state index in [1.54, 1.807) is 12.1 Å². The Morgan fingerprint density at radius 1 is 1.23 bits per heavy atom. The van der Waals surface area contributed by atoms with Gasteiger partial charge >= 0.3 is 13.8 Å². The molecule has 2 aliphatic rings. The first-order valence-corrected chi connectivity index (χ1v) is 8.93. The molecule has 0 heterocycles. The van der Waals surface area contributed by atoms with Gasteiger partial charge in [-0.15, -0.1) is 0 Å². The van der Waals surface area contributed by atoms with E-state index in [9.17, 15) is 9.36 Å². The van der Waals surface area contributed by atoms with Crippen molar-refractivity contribution in [2.24, 2.45) is 5.92 Å². The summed E-state index contributed by atoms with van der Waals surface area (Å²) in [6.45, 7) is 0. The number of carbonyl (C=O) groups is 1. The van der Waals surface area contributed by atoms with Gasteiger partial charge in [0.25, 0.3) is 0 Å². The molecule has 6 nitrogen and oxygen atoms in total. The fourth-order valence-corrected chi connectivity index (χ4v) is 4.32. The Labute approximate surface area is 128 Å². The molecule has 0 radical (unpaired) electrons. The molecule has 1 aromatic carbocycles. The second kappa shape index (κ2) is 5.37. The maximum Gasteiger partial charge on any atom is 0.524 e. The molecule has 3 N–H and O–H groups in total. The van der Waals surface area contributed by atoms with E-state index in [1.165, 1.54) is 5.56 Å². The van der Waals surface area contributed by atoms with Crippen LogP contribution in [0.5, 0.6) is 5.75 Å². The van der Waals surface area contributed by atoms with Gasteiger partial charge in [0, 0.05) is 0 Å². The number of fused-ring (bicyclic) bond motifs is 2. The Hall–Kier alpha value is -1.36. The number of rotatable bonds is 3. The van der Waals surface area contributed by atoms with Crippen LogP contribution in [0.1, 0.15) is 43.2 Å². The zero-order valence-electron chi connectivity index (χ0n) is 12.1. The largest absolute Gasteiger partial charge is 0.524 e. The minimum atomic E-state index is -4.54. The summed E-state index contributed by atoms with van der Waals surface area (Å²) in [6, 6.07) is 5.18. The van der Waals surface area contributed by atoms with Crippen molar-refractivity contribution in [3.63, 3.8) is 0 Å². The van der Waals surface area contributed by atoms with Crippen LogP contribution in [-0.2, 0) is 21.2 Å². The SMILES string of the molecule is O=C(O)C1CCC2(CCc3cc(OP(=O)(O)O)ccc32)CC1. The van der Waals surface area contributed by atoms with Crippen LogP contribution in [0.3, 0.4) is 0 Å². The molecule has 0 aliphatic heterocycles. The number of phosphoric ester groups is 1. The molecule has 7 heteroatoms. The number of aliphatic carboxylic acids is 1. The highest BCUT2D eigenvalue weighted by Gasteiger charge is 2.42. The summed E-state index contributed by atoms with van der Waals surface area (Å²) >= 11 is 0. The van der Waals surface area contributed by atoms with Gasteiger partial charge < -0.3 is 9.63 Å². The summed E-state index contributed by atoms with van der Waals surface area (Å²) < 4.78 is 15.6. The number of hydrogen-bond acceptors (Lipinski definition) is 3. The van der Waals surface area contributed by atoms with Crippen molar-refractivity contribution >= 4 is 13.8 Å². The Balaban J connectivity index is 1.81. The average molecular weight is 326 g/mol. The first-order valence-electron chi connectivity index (χ1n) is 7.40. The standard InChI is InChI=1S/C15H19O6P/c16-14(17)10-3-6-15(7-4-10)8-5-11-9-12(1-2-13(11)15)21-22(18,19)20/h1-2,9-10H,3-8H2,(H,16,17)(H2,18,19,20). The Morgan fingerprint density at radius 3 is 2.50 bits per heavy atom. The van der Waals surface area contributed by atoms with Crippen molar-refractivity contribution in [1.29, 1.82) is 0 Å². The van der Waals surface area contributed by atoms with Gasteiger partial charge in [-0.3, -0.25) is 14.6 Å². The quantitative estimate of drug-likeness (QED) is 0.738. The third-order valence-electron chi connectivity index (χ3n) is 5.04. The number of aryl methyl sites for hydroxylation is 1. The number of benzene rings is 1. The molecule has 0 amide bonds. The molecule has 22 heavy (non-hydrogen) atoms. The van der Waals surface area contributed by atoms with Gasteiger partial charge in [0.05, 0.1) is 5.92 Å². The summed E-state index contributed by atoms with van der Waals surface area (Å²) in [6.07, 6.45) is 4.90. The molecule has 1 spiro atoms. The van der Waals surface area contributed by atoms with Crippen molar-refractivity contribution in [1.82, 2.24) is 0 Å². The highest BCUT2D eigenvalue weighted by atomic mass is 31.2. The van der Waals surface area contributed by atoms with Crippen LogP contribution in [0, 0.1) is 5.92 Å². The number of phosphoric acid groups is 1. The van der Waals surface area contributed by atoms with Crippen LogP contribution in [0.4, 0.5) is 0 Å². The van der Waals surface area contributed by atoms with Crippen molar-refractivity contribution in [2.45, 2.75) is 43.9 Å². The van der Waals surface area contributed by atoms with Crippen LogP contribution in [0.25, 0.3) is 0 Å². The van der Waals surface area contributed by atoms with E-state index in [0.29, 0.717) is 12.8 Å². The van der Waals surface area contributed by atoms with E-state index in [-0.39, 0.29) is 17.1 Å². The van der Waals surface area contributed by atoms with Crippen LogP contribution in [-0.4, -0.2) is 20.9 Å². The summed E-state index contributed by atoms with van der Waals surface area (Å²) in [5.74, 6) is -0.770. The third-order valence-corrected chi connectivity index (χ3v) is 5.49. The zero-order chi connectivity index (χ0) is 16.0. The first kappa shape index (κ1) is 15.5. The van der Waals surface area contributed by atoms with Crippen LogP contribution in [0.15, 0.2) is 18.2 Å². The molecule has 0 bridgehead atoms. The minimum absolute atomic E-state index is 0.0297. The lowest BCUT2D eigenvalue weighted by atomic mass is 9.67. The van der Waals surface area contributed by atoms with Gasteiger partial charge in [-0.25, -0.2) is 4.57 Å². The fraction of sp³-hybridized carbons (Fsp3) is 0.533. The average Bonchev–Trinajstić information content (AvgIpc) is 2.76. The Morgan fingerprint density at radius 2 is 1.91 bits per heavy atom. The van der Waals surface area contributed by atoms with Crippen LogP contribution < -0.4 is 4.52 Å². The lowest BCUT2D eigenvalue weighted by Crippen LogP contribution is -2.32. The maximum atomic E-state index is 11.1. The van der Waals surface area contributed by atoms with E-state index in [2.05, 4.69) is 4.52 Å². The first-order chi connectivity index (χ1) is 10.3. The lowest BCUT2D eigenvalue weighted by Gasteiger charge is -2.37. The molecular weight excluding hydrogens is 307 g/mol. The molecule has 0 unspecified atom stereocenters. The van der Waals surface area contributed by atoms with E-state index >= 15 is 0 Å². The fourth-order valence-electron chi connectivity index (χ4n) is 3.93. The molecule has 1 aromatic rings. The van der Waals surface area contributed by atoms with Gasteiger partial charge in [-0.2, -0.15) is 0 Å². The van der Waals surface area contributed by atoms with E-state index in [1.807, 2.05) is 6.07 Å². The van der Waals surface area contributed by atoms with Crippen molar-refractivity contribution in [2.75, 3.05) is 0 Å². The monoisotopic (exact) mass is 326 g/mol. The van der Waals surface area contributed by atoms with Crippen molar-refractivity contribution in [3.05, 3.63) is 29.3 Å². The summed E-state index contributed by atoms with van der Waals surface area (Å²) in [5, 5.41) is 9.12. The number of hydrogen-bond donors (Lipinski definition) is 3. The molecule has 0 saturated heterocycles. The minimum Gasteiger partial charge on any atom is -0.481 e. The smallest absolute Gasteiger partial charge is 0.481 e. The second-order valence-electron chi connectivity index (χ2n) is 6.29. The highest BCUT2D eigenvalue weighted by molar-refractivity contribution is 7.46. The molecule has 120 valence electrons. The molecule has 3 rings (SSSR count). The van der Waals surface area contributed by atoms with Gasteiger partial charge in [0.2, 0.25) is 0 Å². The summed E-state index contributed by atoms with van der Waals surface area (Å²) in [5.41, 5.74) is 2.27. The van der Waals surface area contributed by atoms with Crippen molar-refractivity contribution < 1.29 is 28.8 Å². The second-order valence-corrected chi connectivity index (χ2v) is 7.46. The Bertz CT molecular complexity index is 641. The van der Waals surface area contributed by atoms with E-state index < -0.39 is 13.8 Å². The van der Waals surface area contributed by atoms with Gasteiger partial charge in [0.15, 0.2) is 0 Å². The van der Waals surface area contributed by atoms with Crippen LogP contribution in [0.2, 0.25) is 0 Å². The van der Waals surface area contributed by atoms with Gasteiger partial charge in [0.1, 0.15) is 5.75 Å². The van der Waals surface area contributed by atoms with Gasteiger partial charge in [-0.05, 0) is 67.2 Å². The van der Waals surface area contributed by atoms with Crippen molar-refractivity contribution in [3.8, 4) is 5.75 Å². The van der Waals surface area contributed by atoms with E-state index in [0.717, 1.165) is 31.2 Å². The molecular formula is C15H19O6P. The number of carboxylic acid groups (broad SMARTS) is 1. The molecule has 2 aliphatic carbocycles. The molecule has 0 atom stereocenters. The Kier molecular flexibility index (Phi) is 3.79. The van der Waals surface area contributed by atoms with Crippen LogP contribution >= 0.6 is 7.82 Å². The predicted octanol–water partition coefficient (Wildman–Crippen LogP) is 2.62. The molecule has 0 aromatic heterocycles. The summed E-state index contributed by atoms with van der Waals surface area (Å²) in [7, 11) is -4.54. The van der Waals surface area contributed by atoms with Gasteiger partial charge in [-0.1, -0.05) is 6.07 Å². The topological polar surface area (TPSA) is 104 Å². The summed E-state index contributed by atoms with van der Waals surface area (Å²) in [4.78, 5) is 28.8. The zero-order valence-corrected chi connectivity index (χ0v) is 13.0. The predicted molar refractivity (Wildman–Crippen MR) is 78.7 cm³/mol. The van der Waals surface area contributed by atoms with E-state index in [4.69, 9.17) is 14.9 Å². The third kappa shape index (κ3) is 2.91. The molecule has 1 fully saturated rings. The number of carboxylic acids is 1. The highest BCUT2D eigenvalue weighted by Crippen LogP contribution is 2.51. The maximum absolute atomic E-state index is 11.1. The lowest BCUT2D eigenvalue weighted by molar-refractivity contribution is -0.143.